The predicted molar refractivity (Wildman–Crippen MR) is 108 cm³/mol. The maximum Gasteiger partial charge on any atom is 0.0439 e. The Kier molecular flexibility index (Phi) is 7.37. The number of nitrogens with zero attached hydrogens (tertiary/aromatic N) is 1. The van der Waals surface area contributed by atoms with Gasteiger partial charge in [-0.3, -0.25) is 4.98 Å². The van der Waals surface area contributed by atoms with Crippen molar-refractivity contribution in [1.29, 1.82) is 0 Å². The molecule has 0 aliphatic heterocycles. The summed E-state index contributed by atoms with van der Waals surface area (Å²) in [6.07, 6.45) is 19.4. The normalized spacial score (nSPS) is 26.4. The monoisotopic (exact) mass is 341 g/mol. The molecule has 3 rings (SSSR count). The van der Waals surface area contributed by atoms with Gasteiger partial charge in [0.25, 0.3) is 0 Å². The zero-order valence-electron chi connectivity index (χ0n) is 16.7. The summed E-state index contributed by atoms with van der Waals surface area (Å²) < 4.78 is 0. The van der Waals surface area contributed by atoms with E-state index < -0.39 is 0 Å². The molecule has 1 heterocycles. The van der Waals surface area contributed by atoms with Crippen LogP contribution in [0.15, 0.2) is 12.1 Å². The SMILES string of the molecule is CCCCCC1CCC(C2CCc3nc(CCCC)ccc3C2)CC1. The van der Waals surface area contributed by atoms with Crippen molar-refractivity contribution in [2.75, 3.05) is 0 Å². The number of rotatable bonds is 8. The highest BCUT2D eigenvalue weighted by molar-refractivity contribution is 5.26. The molecule has 0 radical (unpaired) electrons. The fraction of sp³-hybridized carbons (Fsp3) is 0.792. The van der Waals surface area contributed by atoms with E-state index in [-0.39, 0.29) is 0 Å². The third-order valence-corrected chi connectivity index (χ3v) is 6.92. The summed E-state index contributed by atoms with van der Waals surface area (Å²) in [7, 11) is 0. The van der Waals surface area contributed by atoms with Gasteiger partial charge in [-0.05, 0) is 74.3 Å². The van der Waals surface area contributed by atoms with E-state index in [1.54, 1.807) is 5.56 Å². The number of aromatic nitrogens is 1. The first kappa shape index (κ1) is 18.9. The predicted octanol–water partition coefficient (Wildman–Crippen LogP) is 6.92. The van der Waals surface area contributed by atoms with Crippen molar-refractivity contribution in [3.8, 4) is 0 Å². The Labute approximate surface area is 156 Å². The minimum absolute atomic E-state index is 0.937. The molecule has 1 heteroatoms. The Hall–Kier alpha value is -0.850. The molecule has 1 unspecified atom stereocenters. The number of fused-ring (bicyclic) bond motifs is 1. The van der Waals surface area contributed by atoms with Crippen LogP contribution in [-0.4, -0.2) is 4.98 Å². The van der Waals surface area contributed by atoms with Gasteiger partial charge in [-0.25, -0.2) is 0 Å². The van der Waals surface area contributed by atoms with Gasteiger partial charge in [-0.2, -0.15) is 0 Å². The van der Waals surface area contributed by atoms with Gasteiger partial charge in [0, 0.05) is 11.4 Å². The van der Waals surface area contributed by atoms with Gasteiger partial charge in [0.15, 0.2) is 0 Å². The molecule has 1 atom stereocenters. The maximum absolute atomic E-state index is 4.98. The number of hydrogen-bond acceptors (Lipinski definition) is 1. The summed E-state index contributed by atoms with van der Waals surface area (Å²) in [6.45, 7) is 4.58. The summed E-state index contributed by atoms with van der Waals surface area (Å²) in [5.74, 6) is 2.98. The van der Waals surface area contributed by atoms with Crippen molar-refractivity contribution in [1.82, 2.24) is 4.98 Å². The van der Waals surface area contributed by atoms with Gasteiger partial charge < -0.3 is 0 Å². The van der Waals surface area contributed by atoms with E-state index >= 15 is 0 Å². The van der Waals surface area contributed by atoms with Gasteiger partial charge in [0.2, 0.25) is 0 Å². The summed E-state index contributed by atoms with van der Waals surface area (Å²) in [6, 6.07) is 4.72. The molecule has 1 nitrogen and oxygen atoms in total. The quantitative estimate of drug-likeness (QED) is 0.468. The second-order valence-corrected chi connectivity index (χ2v) is 8.79. The van der Waals surface area contributed by atoms with E-state index in [1.807, 2.05) is 0 Å². The van der Waals surface area contributed by atoms with Crippen molar-refractivity contribution in [3.05, 3.63) is 29.1 Å². The lowest BCUT2D eigenvalue weighted by Gasteiger charge is -2.36. The van der Waals surface area contributed by atoms with Gasteiger partial charge in [0.05, 0.1) is 0 Å². The van der Waals surface area contributed by atoms with Crippen LogP contribution >= 0.6 is 0 Å². The highest BCUT2D eigenvalue weighted by Crippen LogP contribution is 2.40. The van der Waals surface area contributed by atoms with Crippen molar-refractivity contribution < 1.29 is 0 Å². The first-order valence-electron chi connectivity index (χ1n) is 11.3. The first-order chi connectivity index (χ1) is 12.3. The third-order valence-electron chi connectivity index (χ3n) is 6.92. The van der Waals surface area contributed by atoms with Crippen molar-refractivity contribution in [2.45, 2.75) is 104 Å². The average molecular weight is 342 g/mol. The number of hydrogen-bond donors (Lipinski definition) is 0. The molecule has 0 aromatic carbocycles. The molecule has 0 saturated heterocycles. The van der Waals surface area contributed by atoms with Crippen LogP contribution in [0, 0.1) is 17.8 Å². The lowest BCUT2D eigenvalue weighted by atomic mass is 9.70. The molecule has 0 amide bonds. The Morgan fingerprint density at radius 1 is 0.880 bits per heavy atom. The minimum atomic E-state index is 0.937. The molecule has 1 saturated carbocycles. The zero-order chi connectivity index (χ0) is 17.5. The van der Waals surface area contributed by atoms with Crippen molar-refractivity contribution in [2.24, 2.45) is 17.8 Å². The molecule has 0 N–H and O–H groups in total. The van der Waals surface area contributed by atoms with E-state index in [0.29, 0.717) is 0 Å². The molecule has 2 aliphatic rings. The van der Waals surface area contributed by atoms with Crippen LogP contribution in [0.2, 0.25) is 0 Å². The van der Waals surface area contributed by atoms with Gasteiger partial charge in [-0.1, -0.05) is 64.9 Å². The fourth-order valence-electron chi connectivity index (χ4n) is 5.22. The van der Waals surface area contributed by atoms with Crippen molar-refractivity contribution >= 4 is 0 Å². The van der Waals surface area contributed by atoms with Gasteiger partial charge in [-0.15, -0.1) is 0 Å². The van der Waals surface area contributed by atoms with Crippen LogP contribution in [0.5, 0.6) is 0 Å². The average Bonchev–Trinajstić information content (AvgIpc) is 2.66. The topological polar surface area (TPSA) is 12.9 Å². The maximum atomic E-state index is 4.98. The van der Waals surface area contributed by atoms with Crippen LogP contribution in [0.25, 0.3) is 0 Å². The molecular weight excluding hydrogens is 302 g/mol. The zero-order valence-corrected chi connectivity index (χ0v) is 16.7. The molecule has 0 bridgehead atoms. The minimum Gasteiger partial charge on any atom is -0.258 e. The van der Waals surface area contributed by atoms with Gasteiger partial charge >= 0.3 is 0 Å². The van der Waals surface area contributed by atoms with Crippen molar-refractivity contribution in [3.63, 3.8) is 0 Å². The van der Waals surface area contributed by atoms with E-state index in [4.69, 9.17) is 4.98 Å². The largest absolute Gasteiger partial charge is 0.258 e. The summed E-state index contributed by atoms with van der Waals surface area (Å²) in [5.41, 5.74) is 4.33. The van der Waals surface area contributed by atoms with Crippen LogP contribution in [-0.2, 0) is 19.3 Å². The summed E-state index contributed by atoms with van der Waals surface area (Å²) >= 11 is 0. The van der Waals surface area contributed by atoms with Crippen LogP contribution in [0.1, 0.15) is 101 Å². The molecule has 1 aromatic rings. The van der Waals surface area contributed by atoms with Crippen LogP contribution < -0.4 is 0 Å². The Morgan fingerprint density at radius 2 is 1.68 bits per heavy atom. The third kappa shape index (κ3) is 5.31. The molecule has 0 spiro atoms. The van der Waals surface area contributed by atoms with E-state index in [0.717, 1.165) is 24.2 Å². The van der Waals surface area contributed by atoms with E-state index in [9.17, 15) is 0 Å². The Morgan fingerprint density at radius 3 is 2.44 bits per heavy atom. The molecular formula is C24H39N. The number of pyridine rings is 1. The second kappa shape index (κ2) is 9.74. The molecule has 2 aliphatic carbocycles. The lowest BCUT2D eigenvalue weighted by Crippen LogP contribution is -2.27. The smallest absolute Gasteiger partial charge is 0.0439 e. The first-order valence-corrected chi connectivity index (χ1v) is 11.3. The Balaban J connectivity index is 1.48. The molecule has 25 heavy (non-hydrogen) atoms. The highest BCUT2D eigenvalue weighted by atomic mass is 14.7. The molecule has 1 fully saturated rings. The Bertz CT molecular complexity index is 513. The molecule has 1 aromatic heterocycles. The summed E-state index contributed by atoms with van der Waals surface area (Å²) in [4.78, 5) is 4.98. The fourth-order valence-corrected chi connectivity index (χ4v) is 5.22. The van der Waals surface area contributed by atoms with E-state index in [2.05, 4.69) is 26.0 Å². The number of unbranched alkanes of at least 4 members (excludes halogenated alkanes) is 3. The van der Waals surface area contributed by atoms with E-state index in [1.165, 1.54) is 94.9 Å². The lowest BCUT2D eigenvalue weighted by molar-refractivity contribution is 0.182. The summed E-state index contributed by atoms with van der Waals surface area (Å²) in [5, 5.41) is 0. The highest BCUT2D eigenvalue weighted by Gasteiger charge is 2.30. The van der Waals surface area contributed by atoms with Crippen LogP contribution in [0.4, 0.5) is 0 Å². The number of aryl methyl sites for hydroxylation is 2. The van der Waals surface area contributed by atoms with Crippen LogP contribution in [0.3, 0.4) is 0 Å². The standard InChI is InChI=1S/C24H39N/c1-3-5-7-8-19-10-12-20(13-11-19)21-15-17-24-22(18-21)14-16-23(25-24)9-6-4-2/h14,16,19-21H,3-13,15,17-18H2,1-2H3. The second-order valence-electron chi connectivity index (χ2n) is 8.79. The van der Waals surface area contributed by atoms with Gasteiger partial charge in [0.1, 0.15) is 0 Å². The molecule has 140 valence electrons.